The Morgan fingerprint density at radius 1 is 1.26 bits per heavy atom. The summed E-state index contributed by atoms with van der Waals surface area (Å²) in [7, 11) is 3.83. The van der Waals surface area contributed by atoms with Gasteiger partial charge < -0.3 is 9.80 Å². The minimum Gasteiger partial charge on any atom is -0.347 e. The molecule has 162 valence electrons. The van der Waals surface area contributed by atoms with Gasteiger partial charge in [0.1, 0.15) is 5.69 Å². The molecule has 1 aliphatic rings. The van der Waals surface area contributed by atoms with Gasteiger partial charge in [-0.3, -0.25) is 9.48 Å². The number of anilines is 1. The predicted octanol–water partition coefficient (Wildman–Crippen LogP) is 4.45. The molecule has 1 amide bonds. The highest BCUT2D eigenvalue weighted by Gasteiger charge is 2.33. The Hall–Kier alpha value is -2.93. The maximum atomic E-state index is 13.4. The Morgan fingerprint density at radius 3 is 2.81 bits per heavy atom. The second-order valence-electron chi connectivity index (χ2n) is 7.94. The average molecular weight is 439 g/mol. The molecule has 1 fully saturated rings. The van der Waals surface area contributed by atoms with Crippen LogP contribution in [0.15, 0.2) is 42.7 Å². The summed E-state index contributed by atoms with van der Waals surface area (Å²) in [6.07, 6.45) is 6.53. The van der Waals surface area contributed by atoms with Crippen LogP contribution in [-0.2, 0) is 6.54 Å². The molecule has 0 spiro atoms. The fraction of sp³-hybridized carbons (Fsp3) is 0.391. The molecule has 7 nitrogen and oxygen atoms in total. The van der Waals surface area contributed by atoms with Crippen LogP contribution in [0.2, 0.25) is 5.02 Å². The van der Waals surface area contributed by atoms with Crippen molar-refractivity contribution in [3.05, 3.63) is 59.1 Å². The first kappa shape index (κ1) is 21.3. The molecule has 3 aromatic rings. The summed E-state index contributed by atoms with van der Waals surface area (Å²) < 4.78 is 1.78. The molecular weight excluding hydrogens is 412 g/mol. The smallest absolute Gasteiger partial charge is 0.274 e. The van der Waals surface area contributed by atoms with Crippen LogP contribution >= 0.6 is 11.6 Å². The average Bonchev–Trinajstić information content (AvgIpc) is 3.27. The Bertz CT molecular complexity index is 1080. The minimum atomic E-state index is -0.149. The third kappa shape index (κ3) is 4.42. The molecule has 4 rings (SSSR count). The SMILES string of the molecule is CCn1ccc(C(=O)N2CCCC[C@H]2c2nc(N(C)C)ncc2-c2cccc(Cl)c2)n1. The van der Waals surface area contributed by atoms with Crippen molar-refractivity contribution in [3.8, 4) is 11.1 Å². The molecule has 1 aromatic carbocycles. The van der Waals surface area contributed by atoms with E-state index in [9.17, 15) is 4.79 Å². The van der Waals surface area contributed by atoms with Gasteiger partial charge in [-0.25, -0.2) is 9.97 Å². The highest BCUT2D eigenvalue weighted by Crippen LogP contribution is 2.37. The van der Waals surface area contributed by atoms with E-state index in [1.807, 2.05) is 67.5 Å². The largest absolute Gasteiger partial charge is 0.347 e. The van der Waals surface area contributed by atoms with Gasteiger partial charge in [0.15, 0.2) is 0 Å². The van der Waals surface area contributed by atoms with E-state index < -0.39 is 0 Å². The van der Waals surface area contributed by atoms with Crippen molar-refractivity contribution >= 4 is 23.5 Å². The van der Waals surface area contributed by atoms with Gasteiger partial charge in [0.25, 0.3) is 5.91 Å². The molecule has 1 aliphatic heterocycles. The number of amides is 1. The van der Waals surface area contributed by atoms with Crippen LogP contribution in [0, 0.1) is 0 Å². The van der Waals surface area contributed by atoms with Crippen LogP contribution < -0.4 is 4.90 Å². The van der Waals surface area contributed by atoms with Crippen LogP contribution in [0.25, 0.3) is 11.1 Å². The van der Waals surface area contributed by atoms with Crippen molar-refractivity contribution in [3.63, 3.8) is 0 Å². The Balaban J connectivity index is 1.79. The highest BCUT2D eigenvalue weighted by molar-refractivity contribution is 6.30. The van der Waals surface area contributed by atoms with Gasteiger partial charge in [-0.2, -0.15) is 5.10 Å². The van der Waals surface area contributed by atoms with Gasteiger partial charge in [-0.15, -0.1) is 0 Å². The van der Waals surface area contributed by atoms with E-state index in [0.717, 1.165) is 42.6 Å². The normalized spacial score (nSPS) is 16.4. The van der Waals surface area contributed by atoms with Gasteiger partial charge >= 0.3 is 0 Å². The lowest BCUT2D eigenvalue weighted by Crippen LogP contribution is -2.39. The zero-order valence-electron chi connectivity index (χ0n) is 18.1. The van der Waals surface area contributed by atoms with Crippen LogP contribution in [0.1, 0.15) is 48.4 Å². The first-order valence-electron chi connectivity index (χ1n) is 10.6. The quantitative estimate of drug-likeness (QED) is 0.588. The number of hydrogen-bond donors (Lipinski definition) is 0. The summed E-state index contributed by atoms with van der Waals surface area (Å²) in [4.78, 5) is 26.6. The highest BCUT2D eigenvalue weighted by atomic mass is 35.5. The summed E-state index contributed by atoms with van der Waals surface area (Å²) in [5.74, 6) is 0.563. The fourth-order valence-electron chi connectivity index (χ4n) is 3.99. The zero-order chi connectivity index (χ0) is 22.0. The minimum absolute atomic E-state index is 0.0565. The van der Waals surface area contributed by atoms with Crippen LogP contribution in [0.5, 0.6) is 0 Å². The molecule has 2 aromatic heterocycles. The molecule has 0 aliphatic carbocycles. The van der Waals surface area contributed by atoms with E-state index in [1.54, 1.807) is 10.7 Å². The van der Waals surface area contributed by atoms with Crippen molar-refractivity contribution in [1.82, 2.24) is 24.6 Å². The van der Waals surface area contributed by atoms with Crippen molar-refractivity contribution < 1.29 is 4.79 Å². The third-order valence-electron chi connectivity index (χ3n) is 5.60. The van der Waals surface area contributed by atoms with E-state index in [0.29, 0.717) is 23.2 Å². The number of likely N-dealkylation sites (tertiary alicyclic amines) is 1. The summed E-state index contributed by atoms with van der Waals surface area (Å²) >= 11 is 6.27. The van der Waals surface area contributed by atoms with Crippen molar-refractivity contribution in [2.45, 2.75) is 38.8 Å². The molecule has 0 bridgehead atoms. The molecular formula is C23H27ClN6O. The standard InChI is InChI=1S/C23H27ClN6O/c1-4-29-13-11-19(27-29)22(31)30-12-6-5-10-20(30)21-18(15-25-23(26-21)28(2)3)16-8-7-9-17(24)14-16/h7-9,11,13-15,20H,4-6,10,12H2,1-3H3/t20-/m0/s1. The fourth-order valence-corrected chi connectivity index (χ4v) is 4.18. The molecule has 0 unspecified atom stereocenters. The number of aromatic nitrogens is 4. The van der Waals surface area contributed by atoms with Crippen LogP contribution in [0.3, 0.4) is 0 Å². The second-order valence-corrected chi connectivity index (χ2v) is 8.38. The van der Waals surface area contributed by atoms with Crippen molar-refractivity contribution in [1.29, 1.82) is 0 Å². The molecule has 1 atom stereocenters. The molecule has 8 heteroatoms. The summed E-state index contributed by atoms with van der Waals surface area (Å²) in [5, 5.41) is 5.09. The number of piperidine rings is 1. The molecule has 31 heavy (non-hydrogen) atoms. The van der Waals surface area contributed by atoms with E-state index in [2.05, 4.69) is 10.1 Å². The Morgan fingerprint density at radius 2 is 2.10 bits per heavy atom. The van der Waals surface area contributed by atoms with Gasteiger partial charge in [-0.05, 0) is 49.9 Å². The molecule has 0 N–H and O–H groups in total. The van der Waals surface area contributed by atoms with E-state index in [-0.39, 0.29) is 11.9 Å². The summed E-state index contributed by atoms with van der Waals surface area (Å²) in [6.45, 7) is 3.42. The predicted molar refractivity (Wildman–Crippen MR) is 122 cm³/mol. The number of nitrogens with zero attached hydrogens (tertiary/aromatic N) is 6. The molecule has 3 heterocycles. The lowest BCUT2D eigenvalue weighted by Gasteiger charge is -2.36. The lowest BCUT2D eigenvalue weighted by molar-refractivity contribution is 0.0599. The van der Waals surface area contributed by atoms with E-state index in [1.165, 1.54) is 0 Å². The Kier molecular flexibility index (Phi) is 6.23. The van der Waals surface area contributed by atoms with Crippen LogP contribution in [-0.4, -0.2) is 51.2 Å². The molecule has 1 saturated heterocycles. The zero-order valence-corrected chi connectivity index (χ0v) is 18.9. The first-order valence-corrected chi connectivity index (χ1v) is 11.0. The monoisotopic (exact) mass is 438 g/mol. The summed E-state index contributed by atoms with van der Waals surface area (Å²) in [6, 6.07) is 9.32. The number of carbonyl (C=O) groups is 1. The lowest BCUT2D eigenvalue weighted by atomic mass is 9.93. The van der Waals surface area contributed by atoms with Crippen LogP contribution in [0.4, 0.5) is 5.95 Å². The number of benzene rings is 1. The topological polar surface area (TPSA) is 67.2 Å². The summed E-state index contributed by atoms with van der Waals surface area (Å²) in [5.41, 5.74) is 3.17. The van der Waals surface area contributed by atoms with E-state index >= 15 is 0 Å². The maximum absolute atomic E-state index is 13.4. The number of hydrogen-bond acceptors (Lipinski definition) is 5. The number of rotatable bonds is 5. The number of aryl methyl sites for hydroxylation is 1. The molecule has 0 saturated carbocycles. The van der Waals surface area contributed by atoms with Crippen molar-refractivity contribution in [2.75, 3.05) is 25.5 Å². The van der Waals surface area contributed by atoms with Gasteiger partial charge in [-0.1, -0.05) is 23.7 Å². The van der Waals surface area contributed by atoms with Gasteiger partial charge in [0.2, 0.25) is 5.95 Å². The maximum Gasteiger partial charge on any atom is 0.274 e. The number of halogens is 1. The van der Waals surface area contributed by atoms with Crippen molar-refractivity contribution in [2.24, 2.45) is 0 Å². The van der Waals surface area contributed by atoms with Gasteiger partial charge in [0, 0.05) is 50.2 Å². The number of carbonyl (C=O) groups excluding carboxylic acids is 1. The Labute approximate surface area is 187 Å². The molecule has 0 radical (unpaired) electrons. The second kappa shape index (κ2) is 9.06. The first-order chi connectivity index (χ1) is 15.0. The van der Waals surface area contributed by atoms with Gasteiger partial charge in [0.05, 0.1) is 11.7 Å². The van der Waals surface area contributed by atoms with E-state index in [4.69, 9.17) is 16.6 Å². The third-order valence-corrected chi connectivity index (χ3v) is 5.84.